The van der Waals surface area contributed by atoms with Crippen LogP contribution in [0.3, 0.4) is 0 Å². The fraction of sp³-hybridized carbons (Fsp3) is 0.333. The third-order valence-corrected chi connectivity index (χ3v) is 4.51. The van der Waals surface area contributed by atoms with Crippen molar-refractivity contribution < 1.29 is 4.79 Å². The zero-order valence-corrected chi connectivity index (χ0v) is 13.9. The zero-order valence-electron chi connectivity index (χ0n) is 13.0. The lowest BCUT2D eigenvalue weighted by Crippen LogP contribution is -2.29. The van der Waals surface area contributed by atoms with Crippen LogP contribution in [-0.2, 0) is 6.54 Å². The number of carbonyl (C=O) groups excluding carboxylic acids is 1. The molecular weight excluding hydrogens is 306 g/mol. The highest BCUT2D eigenvalue weighted by atomic mass is 32.1. The van der Waals surface area contributed by atoms with E-state index in [4.69, 9.17) is 12.2 Å². The fourth-order valence-electron chi connectivity index (χ4n) is 2.85. The van der Waals surface area contributed by atoms with Crippen LogP contribution >= 0.6 is 12.2 Å². The number of carbonyl (C=O) groups is 1. The van der Waals surface area contributed by atoms with Gasteiger partial charge in [-0.15, -0.1) is 0 Å². The summed E-state index contributed by atoms with van der Waals surface area (Å²) in [4.78, 5) is 17.4. The predicted molar refractivity (Wildman–Crippen MR) is 95.3 cm³/mol. The van der Waals surface area contributed by atoms with Crippen LogP contribution in [0.1, 0.15) is 35.2 Å². The Bertz CT molecular complexity index is 718. The van der Waals surface area contributed by atoms with Gasteiger partial charge in [0, 0.05) is 31.5 Å². The van der Waals surface area contributed by atoms with E-state index in [0.717, 1.165) is 18.7 Å². The van der Waals surface area contributed by atoms with E-state index in [2.05, 4.69) is 39.5 Å². The molecule has 0 atom stereocenters. The Labute approximate surface area is 141 Å². The summed E-state index contributed by atoms with van der Waals surface area (Å²) in [5, 5.41) is 2.92. The number of hydrogen-bond acceptors (Lipinski definition) is 3. The Morgan fingerprint density at radius 2 is 1.87 bits per heavy atom. The van der Waals surface area contributed by atoms with Gasteiger partial charge < -0.3 is 15.2 Å². The lowest BCUT2D eigenvalue weighted by Gasteiger charge is -2.28. The summed E-state index contributed by atoms with van der Waals surface area (Å²) in [5.74, 6) is -0.146. The lowest BCUT2D eigenvalue weighted by molar-refractivity contribution is 0.0950. The van der Waals surface area contributed by atoms with E-state index in [-0.39, 0.29) is 5.91 Å². The highest BCUT2D eigenvalue weighted by Crippen LogP contribution is 2.20. The Balaban J connectivity index is 1.59. The van der Waals surface area contributed by atoms with Gasteiger partial charge >= 0.3 is 0 Å². The van der Waals surface area contributed by atoms with E-state index in [1.807, 2.05) is 0 Å². The third kappa shape index (κ3) is 3.99. The topological polar surface area (TPSA) is 48.1 Å². The number of aromatic amines is 1. The molecule has 5 heteroatoms. The van der Waals surface area contributed by atoms with Crippen molar-refractivity contribution in [1.82, 2.24) is 10.3 Å². The van der Waals surface area contributed by atoms with Gasteiger partial charge in [0.05, 0.1) is 5.56 Å². The molecule has 0 spiro atoms. The second-order valence-electron chi connectivity index (χ2n) is 5.81. The number of H-pyrrole nitrogens is 1. The summed E-state index contributed by atoms with van der Waals surface area (Å²) >= 11 is 5.13. The van der Waals surface area contributed by atoms with Gasteiger partial charge in [0.15, 0.2) is 0 Å². The molecule has 1 aliphatic rings. The van der Waals surface area contributed by atoms with E-state index in [0.29, 0.717) is 16.7 Å². The van der Waals surface area contributed by atoms with Crippen molar-refractivity contribution in [3.8, 4) is 0 Å². The first kappa shape index (κ1) is 15.7. The number of piperidine rings is 1. The van der Waals surface area contributed by atoms with Gasteiger partial charge in [0.1, 0.15) is 4.64 Å². The summed E-state index contributed by atoms with van der Waals surface area (Å²) in [6.07, 6.45) is 5.60. The monoisotopic (exact) mass is 327 g/mol. The molecule has 2 heterocycles. The second kappa shape index (κ2) is 7.42. The quantitative estimate of drug-likeness (QED) is 0.843. The number of nitrogens with one attached hydrogen (secondary N) is 2. The van der Waals surface area contributed by atoms with Gasteiger partial charge in [-0.05, 0) is 49.1 Å². The second-order valence-corrected chi connectivity index (χ2v) is 6.22. The molecule has 1 amide bonds. The summed E-state index contributed by atoms with van der Waals surface area (Å²) in [6, 6.07) is 11.9. The Morgan fingerprint density at radius 1 is 1.13 bits per heavy atom. The first-order valence-corrected chi connectivity index (χ1v) is 8.45. The van der Waals surface area contributed by atoms with Gasteiger partial charge in [-0.2, -0.15) is 0 Å². The predicted octanol–water partition coefficient (Wildman–Crippen LogP) is 3.66. The maximum Gasteiger partial charge on any atom is 0.254 e. The molecule has 120 valence electrons. The summed E-state index contributed by atoms with van der Waals surface area (Å²) in [6.45, 7) is 2.78. The summed E-state index contributed by atoms with van der Waals surface area (Å²) in [5.41, 5.74) is 2.86. The molecule has 0 aliphatic carbocycles. The van der Waals surface area contributed by atoms with Crippen molar-refractivity contribution >= 4 is 23.8 Å². The van der Waals surface area contributed by atoms with Crippen molar-refractivity contribution in [3.05, 3.63) is 58.4 Å². The Hall–Kier alpha value is -2.14. The highest BCUT2D eigenvalue weighted by molar-refractivity contribution is 7.71. The van der Waals surface area contributed by atoms with Crippen molar-refractivity contribution in [2.75, 3.05) is 18.0 Å². The van der Waals surface area contributed by atoms with Crippen LogP contribution in [0.15, 0.2) is 42.6 Å². The van der Waals surface area contributed by atoms with Crippen LogP contribution in [0.2, 0.25) is 0 Å². The smallest absolute Gasteiger partial charge is 0.254 e. The van der Waals surface area contributed by atoms with Crippen LogP contribution in [-0.4, -0.2) is 24.0 Å². The third-order valence-electron chi connectivity index (χ3n) is 4.17. The van der Waals surface area contributed by atoms with Crippen LogP contribution in [0.4, 0.5) is 5.69 Å². The van der Waals surface area contributed by atoms with E-state index >= 15 is 0 Å². The molecule has 1 aromatic carbocycles. The molecule has 1 fully saturated rings. The molecule has 0 saturated carbocycles. The zero-order chi connectivity index (χ0) is 16.1. The fourth-order valence-corrected chi connectivity index (χ4v) is 3.08. The van der Waals surface area contributed by atoms with E-state index in [1.165, 1.54) is 24.9 Å². The van der Waals surface area contributed by atoms with Crippen LogP contribution in [0, 0.1) is 4.64 Å². The summed E-state index contributed by atoms with van der Waals surface area (Å²) in [7, 11) is 0. The molecule has 1 aromatic heterocycles. The molecule has 0 bridgehead atoms. The summed E-state index contributed by atoms with van der Waals surface area (Å²) < 4.78 is 0.463. The minimum absolute atomic E-state index is 0.146. The molecule has 0 radical (unpaired) electrons. The van der Waals surface area contributed by atoms with Crippen molar-refractivity contribution in [2.24, 2.45) is 0 Å². The van der Waals surface area contributed by atoms with Crippen LogP contribution < -0.4 is 10.2 Å². The van der Waals surface area contributed by atoms with E-state index < -0.39 is 0 Å². The molecule has 0 unspecified atom stereocenters. The molecule has 1 saturated heterocycles. The van der Waals surface area contributed by atoms with Gasteiger partial charge in [-0.3, -0.25) is 4.79 Å². The minimum Gasteiger partial charge on any atom is -0.372 e. The number of anilines is 1. The molecule has 23 heavy (non-hydrogen) atoms. The maximum atomic E-state index is 12.1. The number of aromatic nitrogens is 1. The average molecular weight is 327 g/mol. The number of benzene rings is 1. The number of pyridine rings is 1. The van der Waals surface area contributed by atoms with Gasteiger partial charge in [-0.1, -0.05) is 24.4 Å². The molecule has 1 aliphatic heterocycles. The molecule has 2 N–H and O–H groups in total. The first-order chi connectivity index (χ1) is 11.2. The first-order valence-electron chi connectivity index (χ1n) is 8.04. The van der Waals surface area contributed by atoms with Crippen LogP contribution in [0.25, 0.3) is 0 Å². The average Bonchev–Trinajstić information content (AvgIpc) is 2.61. The number of nitrogens with zero attached hydrogens (tertiary/aromatic N) is 1. The minimum atomic E-state index is -0.146. The normalized spacial score (nSPS) is 14.5. The maximum absolute atomic E-state index is 12.1. The van der Waals surface area contributed by atoms with Gasteiger partial charge in [0.25, 0.3) is 5.91 Å². The van der Waals surface area contributed by atoms with Crippen LogP contribution in [0.5, 0.6) is 0 Å². The Kier molecular flexibility index (Phi) is 5.08. The van der Waals surface area contributed by atoms with Crippen molar-refractivity contribution in [3.63, 3.8) is 0 Å². The molecule has 2 aromatic rings. The molecular formula is C18H21N3OS. The van der Waals surface area contributed by atoms with E-state index in [9.17, 15) is 4.79 Å². The standard InChI is InChI=1S/C18H21N3OS/c22-17(16-5-4-10-19-18(16)23)20-13-14-6-8-15(9-7-14)21-11-2-1-3-12-21/h4-10H,1-3,11-13H2,(H,19,23)(H,20,22). The van der Waals surface area contributed by atoms with Crippen molar-refractivity contribution in [2.45, 2.75) is 25.8 Å². The molecule has 4 nitrogen and oxygen atoms in total. The van der Waals surface area contributed by atoms with Gasteiger partial charge in [0.2, 0.25) is 0 Å². The lowest BCUT2D eigenvalue weighted by atomic mass is 10.1. The van der Waals surface area contributed by atoms with E-state index in [1.54, 1.807) is 18.3 Å². The Morgan fingerprint density at radius 3 is 2.57 bits per heavy atom. The number of rotatable bonds is 4. The van der Waals surface area contributed by atoms with Gasteiger partial charge in [-0.25, -0.2) is 0 Å². The number of hydrogen-bond donors (Lipinski definition) is 2. The molecule has 3 rings (SSSR count). The largest absolute Gasteiger partial charge is 0.372 e. The van der Waals surface area contributed by atoms with Crippen molar-refractivity contribution in [1.29, 1.82) is 0 Å². The SMILES string of the molecule is O=C(NCc1ccc(N2CCCCC2)cc1)c1ccc[nH]c1=S. The highest BCUT2D eigenvalue weighted by Gasteiger charge is 2.11. The number of amides is 1.